The molecule has 0 aliphatic heterocycles. The fourth-order valence-corrected chi connectivity index (χ4v) is 22.0. The first kappa shape index (κ1) is 85.3. The largest absolute Gasteiger partial charge is 0.309 e. The van der Waals surface area contributed by atoms with E-state index in [1.165, 1.54) is 121 Å². The zero-order valence-corrected chi connectivity index (χ0v) is 79.4. The highest BCUT2D eigenvalue weighted by Crippen LogP contribution is 2.50. The van der Waals surface area contributed by atoms with Crippen molar-refractivity contribution in [1.29, 1.82) is 0 Å². The van der Waals surface area contributed by atoms with E-state index in [1.807, 2.05) is 72.8 Å². The molecule has 0 unspecified atom stereocenters. The van der Waals surface area contributed by atoms with Gasteiger partial charge in [-0.1, -0.05) is 369 Å². The van der Waals surface area contributed by atoms with Crippen LogP contribution < -0.4 is 0 Å². The number of nitrogens with zero attached hydrogens (tertiary/aromatic N) is 10. The van der Waals surface area contributed by atoms with Crippen molar-refractivity contribution in [3.05, 3.63) is 494 Å². The summed E-state index contributed by atoms with van der Waals surface area (Å²) in [4.78, 5) is 31.2. The van der Waals surface area contributed by atoms with Crippen molar-refractivity contribution in [3.8, 4) is 158 Å². The predicted octanol–water partition coefficient (Wildman–Crippen LogP) is 34.0. The quantitative estimate of drug-likeness (QED) is 0.0956. The highest BCUT2D eigenvalue weighted by molar-refractivity contribution is 6.17. The van der Waals surface area contributed by atoms with Gasteiger partial charge in [-0.15, -0.1) is 0 Å². The van der Waals surface area contributed by atoms with E-state index in [9.17, 15) is 0 Å². The highest BCUT2D eigenvalue weighted by atomic mass is 15.1. The molecule has 0 radical (unpaired) electrons. The molecule has 0 saturated heterocycles. The van der Waals surface area contributed by atoms with Crippen LogP contribution in [0.25, 0.3) is 245 Å². The lowest BCUT2D eigenvalue weighted by Crippen LogP contribution is -2.04. The normalized spacial score (nSPS) is 11.6. The van der Waals surface area contributed by atoms with E-state index < -0.39 is 0 Å². The van der Waals surface area contributed by atoms with Crippen molar-refractivity contribution < 1.29 is 0 Å². The smallest absolute Gasteiger partial charge is 0.164 e. The molecule has 26 aromatic rings. The Balaban J connectivity index is 0.000000149. The Kier molecular flexibility index (Phi) is 21.4. The number of aryl methyl sites for hydroxylation is 6. The predicted molar refractivity (Wildman–Crippen MR) is 591 cm³/mol. The van der Waals surface area contributed by atoms with Gasteiger partial charge in [0.1, 0.15) is 0 Å². The summed E-state index contributed by atoms with van der Waals surface area (Å²) in [7, 11) is 0. The van der Waals surface area contributed by atoms with Crippen LogP contribution in [-0.2, 0) is 0 Å². The molecule has 672 valence electrons. The Morgan fingerprint density at radius 1 is 0.148 bits per heavy atom. The molecule has 142 heavy (non-hydrogen) atoms. The standard InChI is InChI=1S/2C66H47N5/c1-42-36-43(2)62(44(3)37-42)49-32-35-60-57(38-49)54-34-33-51(70-58-30-18-16-28-52(58)53-29-17-19-31-59(53)70)41-61(54)71(60)63-55(45-20-8-4-9-21-45)39-50(40-56(63)46-22-10-5-11-23-46)66-68-64(47-24-12-6-13-25-47)67-65(69-66)48-26-14-7-15-27-48;1-42-36-43(2)62(44(3)37-42)49-32-34-60-56(38-49)57-41-51(70-58-30-18-16-28-52(58)53-29-17-19-31-59(53)70)33-35-61(57)71(60)63-54(45-20-8-4-9-21-45)39-50(40-55(63)46-22-10-5-11-23-46)66-68-64(47-24-12-6-13-25-47)67-65(69-66)48-26-14-7-15-27-48/h2*4-41H,1-3H3. The molecule has 10 nitrogen and oxygen atoms in total. The van der Waals surface area contributed by atoms with Crippen LogP contribution in [0.5, 0.6) is 0 Å². The van der Waals surface area contributed by atoms with Gasteiger partial charge >= 0.3 is 0 Å². The van der Waals surface area contributed by atoms with E-state index in [2.05, 4.69) is 448 Å². The van der Waals surface area contributed by atoms with E-state index in [0.717, 1.165) is 123 Å². The SMILES string of the molecule is Cc1cc(C)c(-c2ccc3c(c2)c2cc(-n4c5ccccc5c5ccccc54)ccc2n3-c2c(-c3ccccc3)cc(-c3nc(-c4ccccc4)nc(-c4ccccc4)n3)cc2-c2ccccc2)c(C)c1.Cc1cc(C)c(-c2ccc3c(c2)c2ccc(-n4c5ccccc5c5ccccc54)cc2n3-c2c(-c3ccccc3)cc(-c3nc(-c4ccccc4)nc(-c4ccccc4)n3)cc2-c2ccccc2)c(C)c1. The average Bonchev–Trinajstić information content (AvgIpc) is 1.56. The maximum atomic E-state index is 5.28. The van der Waals surface area contributed by atoms with Gasteiger partial charge in [-0.2, -0.15) is 0 Å². The second kappa shape index (κ2) is 35.6. The van der Waals surface area contributed by atoms with Gasteiger partial charge in [0.2, 0.25) is 0 Å². The molecule has 20 aromatic carbocycles. The van der Waals surface area contributed by atoms with Gasteiger partial charge in [0.05, 0.1) is 55.5 Å². The van der Waals surface area contributed by atoms with E-state index in [0.29, 0.717) is 34.9 Å². The summed E-state index contributed by atoms with van der Waals surface area (Å²) in [6.07, 6.45) is 0. The van der Waals surface area contributed by atoms with Gasteiger partial charge < -0.3 is 18.3 Å². The molecule has 0 atom stereocenters. The van der Waals surface area contributed by atoms with Crippen molar-refractivity contribution in [2.75, 3.05) is 0 Å². The number of hydrogen-bond acceptors (Lipinski definition) is 6. The molecular weight excluding hydrogens is 1730 g/mol. The Morgan fingerprint density at radius 3 is 0.683 bits per heavy atom. The first-order valence-corrected chi connectivity index (χ1v) is 48.5. The van der Waals surface area contributed by atoms with Crippen molar-refractivity contribution in [2.45, 2.75) is 41.5 Å². The van der Waals surface area contributed by atoms with Gasteiger partial charge in [-0.25, -0.2) is 29.9 Å². The fraction of sp³-hybridized carbons (Fsp3) is 0.0455. The molecule has 0 amide bonds. The topological polar surface area (TPSA) is 97.1 Å². The number of hydrogen-bond donors (Lipinski definition) is 0. The monoisotopic (exact) mass is 1820 g/mol. The molecule has 10 heteroatoms. The summed E-state index contributed by atoms with van der Waals surface area (Å²) in [6.45, 7) is 13.3. The second-order valence-corrected chi connectivity index (χ2v) is 37.2. The van der Waals surface area contributed by atoms with Gasteiger partial charge in [0.25, 0.3) is 0 Å². The lowest BCUT2D eigenvalue weighted by molar-refractivity contribution is 1.07. The summed E-state index contributed by atoms with van der Waals surface area (Å²) in [5.74, 6) is 3.69. The van der Waals surface area contributed by atoms with Crippen molar-refractivity contribution >= 4 is 87.2 Å². The minimum atomic E-state index is 0.600. The Hall–Kier alpha value is -18.4. The van der Waals surface area contributed by atoms with E-state index in [-0.39, 0.29) is 0 Å². The minimum absolute atomic E-state index is 0.600. The summed E-state index contributed by atoms with van der Waals surface area (Å²) >= 11 is 0. The van der Waals surface area contributed by atoms with E-state index in [4.69, 9.17) is 29.9 Å². The van der Waals surface area contributed by atoms with Crippen molar-refractivity contribution in [1.82, 2.24) is 48.2 Å². The van der Waals surface area contributed by atoms with Crippen LogP contribution in [0.4, 0.5) is 0 Å². The molecule has 26 rings (SSSR count). The molecule has 0 saturated carbocycles. The summed E-state index contributed by atoms with van der Waals surface area (Å²) < 4.78 is 9.87. The number of para-hydroxylation sites is 4. The van der Waals surface area contributed by atoms with Crippen LogP contribution in [0.3, 0.4) is 0 Å². The van der Waals surface area contributed by atoms with Crippen LogP contribution >= 0.6 is 0 Å². The second-order valence-electron chi connectivity index (χ2n) is 37.2. The number of fused-ring (bicyclic) bond motifs is 12. The van der Waals surface area contributed by atoms with E-state index >= 15 is 0 Å². The molecule has 0 aliphatic carbocycles. The first-order chi connectivity index (χ1) is 69.9. The zero-order valence-electron chi connectivity index (χ0n) is 79.4. The van der Waals surface area contributed by atoms with Gasteiger partial charge in [0.15, 0.2) is 34.9 Å². The minimum Gasteiger partial charge on any atom is -0.309 e. The summed E-state index contributed by atoms with van der Waals surface area (Å²) in [6, 6.07) is 165. The Labute approximate surface area is 823 Å². The Morgan fingerprint density at radius 2 is 0.373 bits per heavy atom. The third-order valence-electron chi connectivity index (χ3n) is 28.0. The number of aromatic nitrogens is 10. The molecule has 6 heterocycles. The molecule has 0 N–H and O–H groups in total. The highest BCUT2D eigenvalue weighted by Gasteiger charge is 2.30. The van der Waals surface area contributed by atoms with Crippen LogP contribution in [0, 0.1) is 41.5 Å². The molecule has 0 fully saturated rings. The van der Waals surface area contributed by atoms with Crippen LogP contribution in [0.15, 0.2) is 461 Å². The zero-order chi connectivity index (χ0) is 95.2. The van der Waals surface area contributed by atoms with Crippen LogP contribution in [0.2, 0.25) is 0 Å². The van der Waals surface area contributed by atoms with Gasteiger partial charge in [-0.05, 0) is 211 Å². The average molecular weight is 1820 g/mol. The van der Waals surface area contributed by atoms with Crippen LogP contribution in [0.1, 0.15) is 33.4 Å². The van der Waals surface area contributed by atoms with Crippen LogP contribution in [-0.4, -0.2) is 48.2 Å². The Bertz CT molecular complexity index is 9040. The third-order valence-corrected chi connectivity index (χ3v) is 28.0. The first-order valence-electron chi connectivity index (χ1n) is 48.5. The summed E-state index contributed by atoms with van der Waals surface area (Å²) in [5, 5.41) is 9.65. The molecular formula is C132H94N10. The summed E-state index contributed by atoms with van der Waals surface area (Å²) in [5.41, 5.74) is 40.2. The van der Waals surface area contributed by atoms with E-state index in [1.54, 1.807) is 0 Å². The molecule has 0 aliphatic rings. The molecule has 0 spiro atoms. The van der Waals surface area contributed by atoms with Crippen molar-refractivity contribution in [3.63, 3.8) is 0 Å². The lowest BCUT2D eigenvalue weighted by Gasteiger charge is -2.21. The maximum absolute atomic E-state index is 5.28. The molecule has 0 bridgehead atoms. The third kappa shape index (κ3) is 15.2. The van der Waals surface area contributed by atoms with Crippen molar-refractivity contribution in [2.24, 2.45) is 0 Å². The van der Waals surface area contributed by atoms with Gasteiger partial charge in [-0.3, -0.25) is 0 Å². The van der Waals surface area contributed by atoms with Gasteiger partial charge in [0, 0.05) is 110 Å². The number of benzene rings is 20. The maximum Gasteiger partial charge on any atom is 0.164 e. The fourth-order valence-electron chi connectivity index (χ4n) is 22.0. The molecule has 6 aromatic heterocycles. The number of rotatable bonds is 16. The lowest BCUT2D eigenvalue weighted by atomic mass is 9.92.